The molecule has 5 N–H and O–H groups in total. The number of carbonyl (C=O) groups excluding carboxylic acids is 1. The van der Waals surface area contributed by atoms with Crippen LogP contribution in [0.1, 0.15) is 19.3 Å². The summed E-state index contributed by atoms with van der Waals surface area (Å²) in [6.45, 7) is 1.87. The van der Waals surface area contributed by atoms with Gasteiger partial charge in [-0.05, 0) is 31.5 Å². The quantitative estimate of drug-likeness (QED) is 0.374. The number of nitrogens with zero attached hydrogens (tertiary/aromatic N) is 1. The summed E-state index contributed by atoms with van der Waals surface area (Å²) in [7, 11) is -4.03. The Hall–Kier alpha value is -1.95. The Labute approximate surface area is 157 Å². The van der Waals surface area contributed by atoms with Gasteiger partial charge >= 0.3 is 0 Å². The Morgan fingerprint density at radius 1 is 1.42 bits per heavy atom. The van der Waals surface area contributed by atoms with Gasteiger partial charge in [-0.3, -0.25) is 14.9 Å². The van der Waals surface area contributed by atoms with Gasteiger partial charge in [-0.1, -0.05) is 0 Å². The monoisotopic (exact) mass is 407 g/mol. The number of piperidine rings is 1. The van der Waals surface area contributed by atoms with Crippen molar-refractivity contribution in [3.05, 3.63) is 28.3 Å². The highest BCUT2D eigenvalue weighted by molar-refractivity contribution is 7.89. The predicted molar refractivity (Wildman–Crippen MR) is 98.9 cm³/mol. The van der Waals surface area contributed by atoms with Crippen molar-refractivity contribution in [2.24, 2.45) is 5.14 Å². The first-order valence-corrected chi connectivity index (χ1v) is 9.37. The van der Waals surface area contributed by atoms with Gasteiger partial charge < -0.3 is 16.0 Å². The van der Waals surface area contributed by atoms with E-state index in [1.807, 2.05) is 0 Å². The number of nitro groups is 1. The average Bonchev–Trinajstić information content (AvgIpc) is 2.54. The summed E-state index contributed by atoms with van der Waals surface area (Å²) < 4.78 is 22.6. The predicted octanol–water partition coefficient (Wildman–Crippen LogP) is 0.334. The number of sulfonamides is 1. The molecule has 1 heterocycles. The fourth-order valence-corrected chi connectivity index (χ4v) is 3.11. The van der Waals surface area contributed by atoms with Crippen molar-refractivity contribution in [1.82, 2.24) is 10.6 Å². The Balaban J connectivity index is 0.00000338. The molecule has 0 unspecified atom stereocenters. The van der Waals surface area contributed by atoms with Crippen LogP contribution in [0.4, 0.5) is 11.4 Å². The molecule has 146 valence electrons. The van der Waals surface area contributed by atoms with Crippen LogP contribution in [0.5, 0.6) is 0 Å². The largest absolute Gasteiger partial charge is 0.379 e. The minimum Gasteiger partial charge on any atom is -0.379 e. The van der Waals surface area contributed by atoms with Gasteiger partial charge in [-0.2, -0.15) is 0 Å². The number of nitrogens with two attached hydrogens (primary N) is 1. The maximum atomic E-state index is 11.9. The Kier molecular flexibility index (Phi) is 8.21. The molecule has 1 aliphatic heterocycles. The van der Waals surface area contributed by atoms with Crippen LogP contribution in [0.3, 0.4) is 0 Å². The molecular weight excluding hydrogens is 386 g/mol. The number of primary sulfonamides is 1. The summed E-state index contributed by atoms with van der Waals surface area (Å²) in [5, 5.41) is 25.0. The molecule has 0 aromatic heterocycles. The SMILES string of the molecule is Cl.NS(=O)(=O)c1ccc(NCCC(=O)N[C@H]2CCCNC2)c([N+](=O)[O-])c1. The van der Waals surface area contributed by atoms with E-state index in [0.29, 0.717) is 0 Å². The summed E-state index contributed by atoms with van der Waals surface area (Å²) in [5.74, 6) is -0.148. The van der Waals surface area contributed by atoms with Gasteiger partial charge in [0.15, 0.2) is 0 Å². The van der Waals surface area contributed by atoms with Gasteiger partial charge in [-0.15, -0.1) is 12.4 Å². The summed E-state index contributed by atoms with van der Waals surface area (Å²) in [4.78, 5) is 22.0. The van der Waals surface area contributed by atoms with E-state index in [1.54, 1.807) is 0 Å². The minimum atomic E-state index is -4.03. The Morgan fingerprint density at radius 3 is 2.73 bits per heavy atom. The lowest BCUT2D eigenvalue weighted by atomic mass is 10.1. The molecule has 1 saturated heterocycles. The third-order valence-electron chi connectivity index (χ3n) is 3.82. The molecule has 2 rings (SSSR count). The third-order valence-corrected chi connectivity index (χ3v) is 4.73. The van der Waals surface area contributed by atoms with Crippen LogP contribution in [-0.2, 0) is 14.8 Å². The maximum absolute atomic E-state index is 11.9. The van der Waals surface area contributed by atoms with Gasteiger partial charge in [0.05, 0.1) is 9.82 Å². The smallest absolute Gasteiger partial charge is 0.293 e. The molecule has 1 atom stereocenters. The minimum absolute atomic E-state index is 0. The number of carbonyl (C=O) groups is 1. The van der Waals surface area contributed by atoms with Crippen molar-refractivity contribution in [1.29, 1.82) is 0 Å². The number of nitro benzene ring substituents is 1. The van der Waals surface area contributed by atoms with E-state index in [0.717, 1.165) is 32.0 Å². The first-order valence-electron chi connectivity index (χ1n) is 7.82. The maximum Gasteiger partial charge on any atom is 0.293 e. The van der Waals surface area contributed by atoms with Crippen molar-refractivity contribution in [3.8, 4) is 0 Å². The van der Waals surface area contributed by atoms with Crippen molar-refractivity contribution in [3.63, 3.8) is 0 Å². The number of amides is 1. The molecule has 26 heavy (non-hydrogen) atoms. The van der Waals surface area contributed by atoms with Gasteiger partial charge in [0.25, 0.3) is 5.69 Å². The second-order valence-corrected chi connectivity index (χ2v) is 7.33. The van der Waals surface area contributed by atoms with Gasteiger partial charge in [0, 0.05) is 31.6 Å². The molecular formula is C14H22ClN5O5S. The fraction of sp³-hybridized carbons (Fsp3) is 0.500. The normalized spacial score (nSPS) is 17.0. The van der Waals surface area contributed by atoms with Crippen LogP contribution in [0.25, 0.3) is 0 Å². The van der Waals surface area contributed by atoms with Crippen LogP contribution in [0, 0.1) is 10.1 Å². The second kappa shape index (κ2) is 9.67. The molecule has 1 aromatic carbocycles. The first-order chi connectivity index (χ1) is 11.8. The van der Waals surface area contributed by atoms with E-state index < -0.39 is 20.6 Å². The number of hydrogen-bond donors (Lipinski definition) is 4. The van der Waals surface area contributed by atoms with Crippen LogP contribution in [-0.4, -0.2) is 44.9 Å². The third kappa shape index (κ3) is 6.41. The summed E-state index contributed by atoms with van der Waals surface area (Å²) in [5.41, 5.74) is -0.284. The molecule has 1 amide bonds. The number of halogens is 1. The number of anilines is 1. The average molecular weight is 408 g/mol. The van der Waals surface area contributed by atoms with Crippen LogP contribution in [0.2, 0.25) is 0 Å². The Bertz CT molecular complexity index is 752. The second-order valence-electron chi connectivity index (χ2n) is 5.77. The molecule has 1 aromatic rings. The van der Waals surface area contributed by atoms with Crippen LogP contribution < -0.4 is 21.1 Å². The zero-order valence-electron chi connectivity index (χ0n) is 13.9. The summed E-state index contributed by atoms with van der Waals surface area (Å²) >= 11 is 0. The highest BCUT2D eigenvalue weighted by atomic mass is 35.5. The zero-order chi connectivity index (χ0) is 18.4. The van der Waals surface area contributed by atoms with Crippen molar-refractivity contribution in [2.75, 3.05) is 25.0 Å². The molecule has 0 aliphatic carbocycles. The molecule has 0 radical (unpaired) electrons. The van der Waals surface area contributed by atoms with E-state index in [-0.39, 0.29) is 47.9 Å². The van der Waals surface area contributed by atoms with Crippen molar-refractivity contribution < 1.29 is 18.1 Å². The van der Waals surface area contributed by atoms with Gasteiger partial charge in [0.2, 0.25) is 15.9 Å². The molecule has 0 spiro atoms. The molecule has 1 fully saturated rings. The number of nitrogens with one attached hydrogen (secondary N) is 3. The molecule has 1 aliphatic rings. The Morgan fingerprint density at radius 2 is 2.15 bits per heavy atom. The summed E-state index contributed by atoms with van der Waals surface area (Å²) in [6, 6.07) is 3.44. The van der Waals surface area contributed by atoms with E-state index in [9.17, 15) is 23.3 Å². The first kappa shape index (κ1) is 22.1. The van der Waals surface area contributed by atoms with Gasteiger partial charge in [-0.25, -0.2) is 13.6 Å². The van der Waals surface area contributed by atoms with E-state index in [4.69, 9.17) is 5.14 Å². The zero-order valence-corrected chi connectivity index (χ0v) is 15.6. The van der Waals surface area contributed by atoms with E-state index >= 15 is 0 Å². The number of rotatable bonds is 7. The van der Waals surface area contributed by atoms with Crippen molar-refractivity contribution in [2.45, 2.75) is 30.2 Å². The highest BCUT2D eigenvalue weighted by Crippen LogP contribution is 2.27. The molecule has 10 nitrogen and oxygen atoms in total. The molecule has 12 heteroatoms. The van der Waals surface area contributed by atoms with E-state index in [2.05, 4.69) is 16.0 Å². The van der Waals surface area contributed by atoms with Crippen LogP contribution in [0.15, 0.2) is 23.1 Å². The van der Waals surface area contributed by atoms with E-state index in [1.165, 1.54) is 12.1 Å². The number of hydrogen-bond acceptors (Lipinski definition) is 7. The standard InChI is InChI=1S/C14H21N5O5S.ClH/c15-25(23,24)11-3-4-12(13(8-11)19(21)22)17-7-5-14(20)18-10-2-1-6-16-9-10;/h3-4,8,10,16-17H,1-2,5-7,9H2,(H,18,20)(H2,15,23,24);1H/t10-;/m0./s1. The molecule has 0 saturated carbocycles. The van der Waals surface area contributed by atoms with Crippen LogP contribution >= 0.6 is 12.4 Å². The lowest BCUT2D eigenvalue weighted by Crippen LogP contribution is -2.45. The summed E-state index contributed by atoms with van der Waals surface area (Å²) in [6.07, 6.45) is 2.07. The lowest BCUT2D eigenvalue weighted by molar-refractivity contribution is -0.384. The number of benzene rings is 1. The van der Waals surface area contributed by atoms with Gasteiger partial charge in [0.1, 0.15) is 5.69 Å². The lowest BCUT2D eigenvalue weighted by Gasteiger charge is -2.23. The van der Waals surface area contributed by atoms with Crippen molar-refractivity contribution >= 4 is 39.7 Å². The highest BCUT2D eigenvalue weighted by Gasteiger charge is 2.19. The topological polar surface area (TPSA) is 156 Å². The molecule has 0 bridgehead atoms. The fourth-order valence-electron chi connectivity index (χ4n) is 2.57.